The molecule has 0 radical (unpaired) electrons. The number of rotatable bonds is 10. The fourth-order valence-electron chi connectivity index (χ4n) is 10.3. The summed E-state index contributed by atoms with van der Waals surface area (Å²) in [6, 6.07) is 104. The molecule has 0 aliphatic heterocycles. The zero-order valence-corrected chi connectivity index (χ0v) is 38.1. The molecule has 69 heavy (non-hydrogen) atoms. The quantitative estimate of drug-likeness (QED) is 0.124. The molecule has 324 valence electrons. The van der Waals surface area contributed by atoms with Gasteiger partial charge in [0, 0.05) is 17.1 Å². The maximum Gasteiger partial charge on any atom is 0.0468 e. The lowest BCUT2D eigenvalue weighted by molar-refractivity contribution is 1.29. The molecule has 0 N–H and O–H groups in total. The van der Waals surface area contributed by atoms with Crippen LogP contribution in [0.5, 0.6) is 0 Å². The molecule has 0 heterocycles. The molecule has 12 aromatic carbocycles. The Bertz CT molecular complexity index is 3720. The van der Waals surface area contributed by atoms with E-state index >= 15 is 0 Å². The fraction of sp³-hybridized carbons (Fsp3) is 0. The third-order valence-electron chi connectivity index (χ3n) is 13.5. The summed E-state index contributed by atoms with van der Waals surface area (Å²) in [6.45, 7) is 0. The van der Waals surface area contributed by atoms with Crippen molar-refractivity contribution in [3.05, 3.63) is 285 Å². The van der Waals surface area contributed by atoms with Crippen LogP contribution in [0.2, 0.25) is 0 Å². The summed E-state index contributed by atoms with van der Waals surface area (Å²) in [6.07, 6.45) is 0. The predicted molar refractivity (Wildman–Crippen MR) is 294 cm³/mol. The maximum atomic E-state index is 2.44. The number of fused-ring (bicyclic) bond motifs is 3. The first kappa shape index (κ1) is 41.4. The van der Waals surface area contributed by atoms with Crippen molar-refractivity contribution in [1.29, 1.82) is 0 Å². The van der Waals surface area contributed by atoms with E-state index in [0.717, 1.165) is 22.6 Å². The highest BCUT2D eigenvalue weighted by atomic mass is 15.1. The lowest BCUT2D eigenvalue weighted by Crippen LogP contribution is -2.10. The lowest BCUT2D eigenvalue weighted by atomic mass is 9.85. The molecule has 0 saturated carbocycles. The summed E-state index contributed by atoms with van der Waals surface area (Å²) in [7, 11) is 0. The van der Waals surface area contributed by atoms with E-state index in [9.17, 15) is 0 Å². The molecule has 0 bridgehead atoms. The van der Waals surface area contributed by atoms with Crippen LogP contribution in [0.25, 0.3) is 99.4 Å². The minimum Gasteiger partial charge on any atom is -0.310 e. The van der Waals surface area contributed by atoms with Gasteiger partial charge in [-0.1, -0.05) is 249 Å². The Labute approximate surface area is 404 Å². The van der Waals surface area contributed by atoms with Crippen molar-refractivity contribution in [3.8, 4) is 77.9 Å². The molecular formula is C68H47N. The SMILES string of the molecule is c1ccc(-c2ccc(N(c3ccc(-c4cccc(-c5ccccc5)c4-c4ccccc4)cc3)c3ccc4c(-c5ccccc5)c(-c5ccccc5)c5ccccc5c4c3)cc2-c2ccccc2)cc1. The summed E-state index contributed by atoms with van der Waals surface area (Å²) >= 11 is 0. The van der Waals surface area contributed by atoms with Crippen molar-refractivity contribution in [1.82, 2.24) is 0 Å². The van der Waals surface area contributed by atoms with Crippen molar-refractivity contribution >= 4 is 38.6 Å². The molecule has 0 atom stereocenters. The van der Waals surface area contributed by atoms with Gasteiger partial charge < -0.3 is 4.90 Å². The molecule has 0 aliphatic carbocycles. The van der Waals surface area contributed by atoms with Gasteiger partial charge in [-0.3, -0.25) is 0 Å². The van der Waals surface area contributed by atoms with Crippen molar-refractivity contribution in [2.45, 2.75) is 0 Å². The van der Waals surface area contributed by atoms with Crippen molar-refractivity contribution in [2.75, 3.05) is 4.90 Å². The van der Waals surface area contributed by atoms with E-state index in [1.807, 2.05) is 0 Å². The van der Waals surface area contributed by atoms with Crippen molar-refractivity contribution in [3.63, 3.8) is 0 Å². The van der Waals surface area contributed by atoms with Gasteiger partial charge in [-0.2, -0.15) is 0 Å². The molecule has 1 heteroatoms. The molecule has 0 aromatic heterocycles. The Morgan fingerprint density at radius 2 is 0.536 bits per heavy atom. The summed E-state index contributed by atoms with van der Waals surface area (Å²) in [5, 5.41) is 4.87. The van der Waals surface area contributed by atoms with E-state index in [-0.39, 0.29) is 0 Å². The molecule has 1 nitrogen and oxygen atoms in total. The third kappa shape index (κ3) is 7.86. The van der Waals surface area contributed by atoms with Gasteiger partial charge in [0.1, 0.15) is 0 Å². The molecule has 0 spiro atoms. The second-order valence-electron chi connectivity index (χ2n) is 17.6. The average molecular weight is 878 g/mol. The standard InChI is InChI=1S/C68H47N/c1-7-22-48(23-8-1)58-44-42-56(46-64(58)50-26-11-3-12-27-50)69(55-40-38-51(39-41-55)60-37-21-36-59(49-24-9-2-10-25-49)66(60)52-28-13-4-14-29-52)57-43-45-63-65(47-57)61-34-19-20-35-62(61)67(53-30-15-5-16-31-53)68(63)54-32-17-6-18-33-54/h1-47H. The second-order valence-corrected chi connectivity index (χ2v) is 17.6. The van der Waals surface area contributed by atoms with Crippen LogP contribution in [-0.2, 0) is 0 Å². The van der Waals surface area contributed by atoms with Crippen LogP contribution >= 0.6 is 0 Å². The Morgan fingerprint density at radius 3 is 1.06 bits per heavy atom. The van der Waals surface area contributed by atoms with Gasteiger partial charge in [-0.15, -0.1) is 0 Å². The molecule has 0 unspecified atom stereocenters. The highest BCUT2D eigenvalue weighted by molar-refractivity contribution is 6.22. The Hall–Kier alpha value is -9.04. The lowest BCUT2D eigenvalue weighted by Gasteiger charge is -2.28. The van der Waals surface area contributed by atoms with Crippen LogP contribution < -0.4 is 4.90 Å². The zero-order valence-electron chi connectivity index (χ0n) is 38.1. The molecule has 0 aliphatic rings. The first-order chi connectivity index (χ1) is 34.3. The molecule has 12 rings (SSSR count). The van der Waals surface area contributed by atoms with Gasteiger partial charge in [0.05, 0.1) is 0 Å². The van der Waals surface area contributed by atoms with E-state index in [2.05, 4.69) is 290 Å². The molecule has 0 amide bonds. The van der Waals surface area contributed by atoms with E-state index in [4.69, 9.17) is 0 Å². The number of anilines is 3. The fourth-order valence-corrected chi connectivity index (χ4v) is 10.3. The van der Waals surface area contributed by atoms with Crippen molar-refractivity contribution in [2.24, 2.45) is 0 Å². The summed E-state index contributed by atoms with van der Waals surface area (Å²) in [5.41, 5.74) is 20.0. The minimum absolute atomic E-state index is 1.07. The molecule has 0 saturated heterocycles. The highest BCUT2D eigenvalue weighted by Crippen LogP contribution is 2.48. The van der Waals surface area contributed by atoms with Gasteiger partial charge in [0.25, 0.3) is 0 Å². The smallest absolute Gasteiger partial charge is 0.0468 e. The number of benzene rings is 12. The van der Waals surface area contributed by atoms with Crippen LogP contribution in [0.15, 0.2) is 285 Å². The molecular weight excluding hydrogens is 831 g/mol. The highest BCUT2D eigenvalue weighted by Gasteiger charge is 2.22. The van der Waals surface area contributed by atoms with Gasteiger partial charge in [0.15, 0.2) is 0 Å². The topological polar surface area (TPSA) is 3.24 Å². The first-order valence-corrected chi connectivity index (χ1v) is 23.8. The summed E-state index contributed by atoms with van der Waals surface area (Å²) < 4.78 is 0. The maximum absolute atomic E-state index is 2.44. The average Bonchev–Trinajstić information content (AvgIpc) is 3.44. The van der Waals surface area contributed by atoms with E-state index in [0.29, 0.717) is 0 Å². The van der Waals surface area contributed by atoms with Crippen molar-refractivity contribution < 1.29 is 0 Å². The van der Waals surface area contributed by atoms with Crippen LogP contribution in [0.1, 0.15) is 0 Å². The third-order valence-corrected chi connectivity index (χ3v) is 13.5. The van der Waals surface area contributed by atoms with Gasteiger partial charge in [0.2, 0.25) is 0 Å². The monoisotopic (exact) mass is 877 g/mol. The van der Waals surface area contributed by atoms with Gasteiger partial charge in [-0.05, 0) is 136 Å². The van der Waals surface area contributed by atoms with Crippen LogP contribution in [-0.4, -0.2) is 0 Å². The van der Waals surface area contributed by atoms with Gasteiger partial charge in [-0.25, -0.2) is 0 Å². The molecule has 12 aromatic rings. The Balaban J connectivity index is 1.09. The summed E-state index contributed by atoms with van der Waals surface area (Å²) in [5.74, 6) is 0. The van der Waals surface area contributed by atoms with Crippen LogP contribution in [0.4, 0.5) is 17.1 Å². The van der Waals surface area contributed by atoms with E-state index in [1.165, 1.54) is 93.9 Å². The summed E-state index contributed by atoms with van der Waals surface area (Å²) in [4.78, 5) is 2.44. The predicted octanol–water partition coefficient (Wildman–Crippen LogP) is 19.1. The number of nitrogens with zero attached hydrogens (tertiary/aromatic N) is 1. The van der Waals surface area contributed by atoms with E-state index < -0.39 is 0 Å². The normalized spacial score (nSPS) is 11.2. The number of hydrogen-bond donors (Lipinski definition) is 0. The van der Waals surface area contributed by atoms with E-state index in [1.54, 1.807) is 0 Å². The second kappa shape index (κ2) is 18.3. The minimum atomic E-state index is 1.07. The molecule has 0 fully saturated rings. The Morgan fingerprint density at radius 1 is 0.174 bits per heavy atom. The van der Waals surface area contributed by atoms with Crippen LogP contribution in [0.3, 0.4) is 0 Å². The first-order valence-electron chi connectivity index (χ1n) is 23.8. The number of hydrogen-bond acceptors (Lipinski definition) is 1. The van der Waals surface area contributed by atoms with Crippen LogP contribution in [0, 0.1) is 0 Å². The Kier molecular flexibility index (Phi) is 11.0. The zero-order chi connectivity index (χ0) is 45.9. The van der Waals surface area contributed by atoms with Gasteiger partial charge >= 0.3 is 0 Å². The largest absolute Gasteiger partial charge is 0.310 e.